The quantitative estimate of drug-likeness (QED) is 0.694. The van der Waals surface area contributed by atoms with E-state index in [9.17, 15) is 9.59 Å². The Morgan fingerprint density at radius 2 is 1.96 bits per heavy atom. The van der Waals surface area contributed by atoms with E-state index in [1.165, 1.54) is 0 Å². The number of carbonyl (C=O) groups excluding carboxylic acids is 2. The van der Waals surface area contributed by atoms with Gasteiger partial charge in [-0.1, -0.05) is 12.1 Å². The van der Waals surface area contributed by atoms with E-state index in [-0.39, 0.29) is 5.91 Å². The lowest BCUT2D eigenvalue weighted by atomic mass is 10.1. The molecule has 1 aromatic heterocycles. The van der Waals surface area contributed by atoms with Crippen molar-refractivity contribution in [2.24, 2.45) is 5.73 Å². The summed E-state index contributed by atoms with van der Waals surface area (Å²) in [5.41, 5.74) is 8.59. The van der Waals surface area contributed by atoms with E-state index < -0.39 is 5.91 Å². The Hall–Kier alpha value is -3.00. The Bertz CT molecular complexity index is 848. The summed E-state index contributed by atoms with van der Waals surface area (Å²) in [6, 6.07) is 6.91. The number of nitrogens with zero attached hydrogens (tertiary/aromatic N) is 3. The predicted molar refractivity (Wildman–Crippen MR) is 103 cm³/mol. The molecule has 2 amide bonds. The molecular formula is C19H24N6O2. The number of aromatic nitrogens is 2. The van der Waals surface area contributed by atoms with E-state index in [0.29, 0.717) is 30.9 Å². The van der Waals surface area contributed by atoms with Gasteiger partial charge in [-0.25, -0.2) is 9.97 Å². The molecule has 142 valence electrons. The number of amides is 2. The van der Waals surface area contributed by atoms with Crippen molar-refractivity contribution in [3.63, 3.8) is 0 Å². The third-order valence-electron chi connectivity index (χ3n) is 4.49. The number of primary amides is 1. The van der Waals surface area contributed by atoms with Crippen LogP contribution in [0.2, 0.25) is 0 Å². The van der Waals surface area contributed by atoms with Crippen molar-refractivity contribution in [2.45, 2.75) is 19.4 Å². The van der Waals surface area contributed by atoms with E-state index >= 15 is 0 Å². The zero-order valence-corrected chi connectivity index (χ0v) is 15.6. The number of fused-ring (bicyclic) bond motifs is 1. The van der Waals surface area contributed by atoms with Gasteiger partial charge < -0.3 is 21.3 Å². The van der Waals surface area contributed by atoms with Gasteiger partial charge in [0.2, 0.25) is 11.8 Å². The van der Waals surface area contributed by atoms with Gasteiger partial charge in [0.25, 0.3) is 0 Å². The molecule has 3 rings (SSSR count). The molecule has 0 saturated carbocycles. The zero-order valence-electron chi connectivity index (χ0n) is 15.6. The molecule has 27 heavy (non-hydrogen) atoms. The zero-order chi connectivity index (χ0) is 19.4. The second-order valence-corrected chi connectivity index (χ2v) is 6.65. The van der Waals surface area contributed by atoms with Gasteiger partial charge in [-0.3, -0.25) is 9.59 Å². The minimum Gasteiger partial charge on any atom is -0.369 e. The molecule has 2 heterocycles. The van der Waals surface area contributed by atoms with Crippen molar-refractivity contribution in [1.29, 1.82) is 0 Å². The van der Waals surface area contributed by atoms with Gasteiger partial charge in [0, 0.05) is 50.3 Å². The lowest BCUT2D eigenvalue weighted by Gasteiger charge is -2.21. The first-order chi connectivity index (χ1) is 13.0. The van der Waals surface area contributed by atoms with Crippen LogP contribution in [0.25, 0.3) is 11.4 Å². The highest BCUT2D eigenvalue weighted by Crippen LogP contribution is 2.25. The molecule has 0 radical (unpaired) electrons. The van der Waals surface area contributed by atoms with Crippen molar-refractivity contribution < 1.29 is 9.59 Å². The number of carbonyl (C=O) groups is 2. The van der Waals surface area contributed by atoms with E-state index in [1.807, 2.05) is 0 Å². The van der Waals surface area contributed by atoms with Crippen LogP contribution in [0.1, 0.15) is 28.0 Å². The highest BCUT2D eigenvalue weighted by molar-refractivity contribution is 5.93. The van der Waals surface area contributed by atoms with Crippen LogP contribution in [0.5, 0.6) is 0 Å². The average Bonchev–Trinajstić information content (AvgIpc) is 2.67. The summed E-state index contributed by atoms with van der Waals surface area (Å²) in [6.45, 7) is 2.05. The maximum absolute atomic E-state index is 11.8. The Morgan fingerprint density at radius 3 is 2.63 bits per heavy atom. The third kappa shape index (κ3) is 4.40. The van der Waals surface area contributed by atoms with E-state index in [2.05, 4.69) is 20.6 Å². The largest absolute Gasteiger partial charge is 0.369 e. The van der Waals surface area contributed by atoms with E-state index in [4.69, 9.17) is 5.73 Å². The maximum Gasteiger partial charge on any atom is 0.248 e. The second-order valence-electron chi connectivity index (χ2n) is 6.65. The normalized spacial score (nSPS) is 13.0. The second kappa shape index (κ2) is 8.13. The molecule has 0 fully saturated rings. The van der Waals surface area contributed by atoms with Crippen LogP contribution in [0, 0.1) is 0 Å². The van der Waals surface area contributed by atoms with Crippen LogP contribution in [-0.2, 0) is 17.8 Å². The number of nitrogens with one attached hydrogen (secondary N) is 2. The Labute approximate surface area is 158 Å². The predicted octanol–water partition coefficient (Wildman–Crippen LogP) is 0.778. The van der Waals surface area contributed by atoms with Crippen molar-refractivity contribution in [3.8, 4) is 11.4 Å². The van der Waals surface area contributed by atoms with Gasteiger partial charge in [0.15, 0.2) is 5.82 Å². The Kier molecular flexibility index (Phi) is 5.66. The number of hydrogen-bond acceptors (Lipinski definition) is 6. The minimum atomic E-state index is -0.468. The summed E-state index contributed by atoms with van der Waals surface area (Å²) in [5, 5.41) is 6.62. The first-order valence-electron chi connectivity index (χ1n) is 8.90. The summed E-state index contributed by atoms with van der Waals surface area (Å²) < 4.78 is 0. The van der Waals surface area contributed by atoms with Gasteiger partial charge >= 0.3 is 0 Å². The van der Waals surface area contributed by atoms with E-state index in [1.54, 1.807) is 43.3 Å². The minimum absolute atomic E-state index is 0.0642. The van der Waals surface area contributed by atoms with Crippen molar-refractivity contribution in [3.05, 3.63) is 41.1 Å². The average molecular weight is 368 g/mol. The maximum atomic E-state index is 11.8. The van der Waals surface area contributed by atoms with Crippen LogP contribution in [0.3, 0.4) is 0 Å². The van der Waals surface area contributed by atoms with Gasteiger partial charge in [-0.05, 0) is 25.1 Å². The number of benzene rings is 1. The van der Waals surface area contributed by atoms with Gasteiger partial charge in [-0.2, -0.15) is 0 Å². The lowest BCUT2D eigenvalue weighted by molar-refractivity contribution is -0.128. The summed E-state index contributed by atoms with van der Waals surface area (Å²) in [4.78, 5) is 34.0. The molecule has 0 unspecified atom stereocenters. The molecule has 4 N–H and O–H groups in total. The molecule has 0 bridgehead atoms. The summed E-state index contributed by atoms with van der Waals surface area (Å²) in [6.07, 6.45) is 1.23. The fraction of sp³-hybridized carbons (Fsp3) is 0.368. The molecule has 0 aliphatic carbocycles. The topological polar surface area (TPSA) is 113 Å². The molecule has 8 nitrogen and oxygen atoms in total. The standard InChI is InChI=1S/C19H24N6O2/c1-25(2)16(26)8-10-22-19-14-7-9-21-11-15(14)23-18(24-19)13-5-3-12(4-6-13)17(20)27/h3-6,21H,7-11H2,1-2H3,(H2,20,27)(H,22,23,24). The Morgan fingerprint density at radius 1 is 1.22 bits per heavy atom. The molecule has 0 spiro atoms. The number of anilines is 1. The van der Waals surface area contributed by atoms with Crippen molar-refractivity contribution in [2.75, 3.05) is 32.5 Å². The SMILES string of the molecule is CN(C)C(=O)CCNc1nc(-c2ccc(C(N)=O)cc2)nc2c1CCNC2. The molecule has 1 aliphatic heterocycles. The van der Waals surface area contributed by atoms with Crippen LogP contribution in [-0.4, -0.2) is 53.9 Å². The number of hydrogen-bond donors (Lipinski definition) is 3. The first-order valence-corrected chi connectivity index (χ1v) is 8.90. The molecule has 1 aliphatic rings. The number of nitrogens with two attached hydrogens (primary N) is 1. The number of rotatable bonds is 6. The molecule has 8 heteroatoms. The van der Waals surface area contributed by atoms with E-state index in [0.717, 1.165) is 35.6 Å². The summed E-state index contributed by atoms with van der Waals surface area (Å²) >= 11 is 0. The lowest BCUT2D eigenvalue weighted by Crippen LogP contribution is -2.28. The highest BCUT2D eigenvalue weighted by Gasteiger charge is 2.18. The molecule has 2 aromatic rings. The monoisotopic (exact) mass is 368 g/mol. The molecule has 0 saturated heterocycles. The first kappa shape index (κ1) is 18.8. The van der Waals surface area contributed by atoms with Crippen LogP contribution in [0.15, 0.2) is 24.3 Å². The van der Waals surface area contributed by atoms with Crippen LogP contribution in [0.4, 0.5) is 5.82 Å². The van der Waals surface area contributed by atoms with Crippen molar-refractivity contribution in [1.82, 2.24) is 20.2 Å². The molecular weight excluding hydrogens is 344 g/mol. The van der Waals surface area contributed by atoms with Gasteiger partial charge in [-0.15, -0.1) is 0 Å². The summed E-state index contributed by atoms with van der Waals surface area (Å²) in [7, 11) is 3.49. The molecule has 0 atom stereocenters. The fourth-order valence-electron chi connectivity index (χ4n) is 2.93. The molecule has 1 aromatic carbocycles. The smallest absolute Gasteiger partial charge is 0.248 e. The van der Waals surface area contributed by atoms with Gasteiger partial charge in [0.1, 0.15) is 5.82 Å². The summed E-state index contributed by atoms with van der Waals surface area (Å²) in [5.74, 6) is 0.941. The van der Waals surface area contributed by atoms with Crippen LogP contribution < -0.4 is 16.4 Å². The van der Waals surface area contributed by atoms with Crippen molar-refractivity contribution >= 4 is 17.6 Å². The third-order valence-corrected chi connectivity index (χ3v) is 4.49. The van der Waals surface area contributed by atoms with Crippen LogP contribution >= 0.6 is 0 Å². The van der Waals surface area contributed by atoms with Gasteiger partial charge in [0.05, 0.1) is 5.69 Å². The highest BCUT2D eigenvalue weighted by atomic mass is 16.2. The fourth-order valence-corrected chi connectivity index (χ4v) is 2.93. The Balaban J connectivity index is 1.87.